The molecule has 9 heavy (non-hydrogen) atoms. The van der Waals surface area contributed by atoms with Crippen LogP contribution in [0.2, 0.25) is 0 Å². The Balaban J connectivity index is -0.000000245. The molecule has 2 nitrogen and oxygen atoms in total. The number of carbonyl (C=O) groups is 1. The van der Waals surface area contributed by atoms with E-state index in [1.807, 2.05) is 0 Å². The van der Waals surface area contributed by atoms with Gasteiger partial charge in [-0.3, -0.25) is 0 Å². The molecule has 0 heterocycles. The van der Waals surface area contributed by atoms with Crippen LogP contribution in [-0.2, 0) is 9.53 Å². The first kappa shape index (κ1) is 11.7. The number of esters is 1. The molecule has 0 bridgehead atoms. The number of ether oxygens (including phenoxy) is 1. The zero-order valence-electron chi connectivity index (χ0n) is 6.59. The van der Waals surface area contributed by atoms with Crippen molar-refractivity contribution in [3.8, 4) is 0 Å². The van der Waals surface area contributed by atoms with Gasteiger partial charge in [-0.15, -0.1) is 0 Å². The number of hydrogen-bond donors (Lipinski definition) is 0. The van der Waals surface area contributed by atoms with Crippen molar-refractivity contribution < 1.29 is 40.5 Å². The van der Waals surface area contributed by atoms with E-state index < -0.39 is 5.97 Å². The maximum atomic E-state index is 10.2. The van der Waals surface area contributed by atoms with Gasteiger partial charge in [0.05, 0.1) is 0 Å². The summed E-state index contributed by atoms with van der Waals surface area (Å²) in [6, 6.07) is 0. The monoisotopic (exact) mass is 136 g/mol. The van der Waals surface area contributed by atoms with Crippen LogP contribution in [0.4, 0.5) is 0 Å². The summed E-state index contributed by atoms with van der Waals surface area (Å²) in [5, 5.41) is 0. The van der Waals surface area contributed by atoms with Crippen LogP contribution in [0, 0.1) is 0 Å². The van der Waals surface area contributed by atoms with Crippen molar-refractivity contribution in [2.45, 2.75) is 0 Å². The van der Waals surface area contributed by atoms with Crippen LogP contribution < -0.4 is 29.6 Å². The molecule has 0 amide bonds. The van der Waals surface area contributed by atoms with Gasteiger partial charge in [0, 0.05) is 6.08 Å². The van der Waals surface area contributed by atoms with Gasteiger partial charge in [0.25, 0.3) is 0 Å². The molecule has 46 valence electrons. The van der Waals surface area contributed by atoms with Gasteiger partial charge in [-0.25, -0.2) is 4.79 Å². The zero-order valence-corrected chi connectivity index (χ0v) is 7.59. The van der Waals surface area contributed by atoms with Crippen molar-refractivity contribution >= 4 is 5.97 Å². The molecule has 3 heteroatoms. The van der Waals surface area contributed by atoms with E-state index in [1.165, 1.54) is 6.08 Å². The van der Waals surface area contributed by atoms with Crippen LogP contribution in [-0.4, -0.2) is 12.6 Å². The third-order valence-corrected chi connectivity index (χ3v) is 0.510. The predicted molar refractivity (Wildman–Crippen MR) is 32.5 cm³/mol. The van der Waals surface area contributed by atoms with Crippen molar-refractivity contribution in [2.75, 3.05) is 6.61 Å². The van der Waals surface area contributed by atoms with Gasteiger partial charge in [0.15, 0.2) is 0 Å². The summed E-state index contributed by atoms with van der Waals surface area (Å²) in [6.45, 7) is 6.81. The second kappa shape index (κ2) is 7.95. The Labute approximate surface area is 78.4 Å². The number of hydrogen-bond acceptors (Lipinski definition) is 2. The van der Waals surface area contributed by atoms with E-state index >= 15 is 0 Å². The molecule has 0 saturated carbocycles. The summed E-state index contributed by atoms with van der Waals surface area (Å²) < 4.78 is 4.47. The van der Waals surface area contributed by atoms with Crippen LogP contribution in [0.15, 0.2) is 25.3 Å². The summed E-state index contributed by atoms with van der Waals surface area (Å²) >= 11 is 0. The third kappa shape index (κ3) is 7.95. The fourth-order valence-corrected chi connectivity index (χ4v) is 0.200. The van der Waals surface area contributed by atoms with E-state index in [2.05, 4.69) is 17.9 Å². The maximum Gasteiger partial charge on any atom is 1.00 e. The molecule has 0 aliphatic carbocycles. The molecular formula is C6H9NaO2. The summed E-state index contributed by atoms with van der Waals surface area (Å²) in [4.78, 5) is 10.2. The van der Waals surface area contributed by atoms with E-state index in [-0.39, 0.29) is 37.6 Å². The van der Waals surface area contributed by atoms with E-state index in [0.29, 0.717) is 0 Å². The normalized spacial score (nSPS) is 6.67. The molecular weight excluding hydrogens is 127 g/mol. The third-order valence-electron chi connectivity index (χ3n) is 0.510. The molecule has 0 radical (unpaired) electrons. The van der Waals surface area contributed by atoms with Crippen molar-refractivity contribution in [2.24, 2.45) is 0 Å². The van der Waals surface area contributed by atoms with E-state index in [4.69, 9.17) is 0 Å². The standard InChI is InChI=1S/C6H8O2.Na.H/c1-3-5-8-6(7)4-2;;/h3-4H,1-2,5H2;;/q;+1;-1. The van der Waals surface area contributed by atoms with Crippen LogP contribution >= 0.6 is 0 Å². The van der Waals surface area contributed by atoms with Gasteiger partial charge >= 0.3 is 35.5 Å². The Hall–Kier alpha value is -0.0500. The molecule has 0 N–H and O–H groups in total. The first-order chi connectivity index (χ1) is 3.81. The summed E-state index contributed by atoms with van der Waals surface area (Å²) in [7, 11) is 0. The van der Waals surface area contributed by atoms with Gasteiger partial charge in [0.1, 0.15) is 6.61 Å². The minimum atomic E-state index is -0.412. The zero-order chi connectivity index (χ0) is 6.41. The Kier molecular flexibility index (Phi) is 10.3. The Morgan fingerprint density at radius 2 is 2.22 bits per heavy atom. The van der Waals surface area contributed by atoms with E-state index in [0.717, 1.165) is 6.08 Å². The molecule has 0 aromatic heterocycles. The molecule has 0 saturated heterocycles. The fourth-order valence-electron chi connectivity index (χ4n) is 0.200. The minimum Gasteiger partial charge on any atom is -1.00 e. The molecule has 0 aliphatic rings. The molecule has 0 spiro atoms. The molecule has 0 atom stereocenters. The van der Waals surface area contributed by atoms with Gasteiger partial charge in [-0.1, -0.05) is 19.2 Å². The number of rotatable bonds is 3. The van der Waals surface area contributed by atoms with Gasteiger partial charge in [0.2, 0.25) is 0 Å². The van der Waals surface area contributed by atoms with Gasteiger partial charge < -0.3 is 6.16 Å². The Morgan fingerprint density at radius 1 is 1.67 bits per heavy atom. The molecule has 0 aliphatic heterocycles. The van der Waals surface area contributed by atoms with Crippen molar-refractivity contribution in [1.29, 1.82) is 0 Å². The topological polar surface area (TPSA) is 26.3 Å². The average molecular weight is 136 g/mol. The van der Waals surface area contributed by atoms with Gasteiger partial charge in [-0.05, 0) is 0 Å². The second-order valence-corrected chi connectivity index (χ2v) is 1.12. The smallest absolute Gasteiger partial charge is 1.00 e. The van der Waals surface area contributed by atoms with Crippen molar-refractivity contribution in [1.82, 2.24) is 0 Å². The number of carbonyl (C=O) groups excluding carboxylic acids is 1. The SMILES string of the molecule is C=CCOC(=O)C=C.[H-].[Na+]. The van der Waals surface area contributed by atoms with Crippen LogP contribution in [0.5, 0.6) is 0 Å². The minimum absolute atomic E-state index is 0. The first-order valence-electron chi connectivity index (χ1n) is 2.21. The largest absolute Gasteiger partial charge is 1.00 e. The predicted octanol–water partition coefficient (Wildman–Crippen LogP) is -1.98. The van der Waals surface area contributed by atoms with E-state index in [1.54, 1.807) is 0 Å². The summed E-state index contributed by atoms with van der Waals surface area (Å²) in [5.74, 6) is -0.412. The van der Waals surface area contributed by atoms with E-state index in [9.17, 15) is 4.79 Å². The average Bonchev–Trinajstić information content (AvgIpc) is 1.83. The quantitative estimate of drug-likeness (QED) is 0.194. The Bertz CT molecular complexity index is 114. The fraction of sp³-hybridized carbons (Fsp3) is 0.167. The first-order valence-corrected chi connectivity index (χ1v) is 2.21. The van der Waals surface area contributed by atoms with Crippen LogP contribution in [0.1, 0.15) is 1.43 Å². The molecule has 0 fully saturated rings. The Morgan fingerprint density at radius 3 is 2.56 bits per heavy atom. The summed E-state index contributed by atoms with van der Waals surface area (Å²) in [6.07, 6.45) is 2.62. The van der Waals surface area contributed by atoms with Gasteiger partial charge in [-0.2, -0.15) is 0 Å². The molecule has 0 aromatic carbocycles. The summed E-state index contributed by atoms with van der Waals surface area (Å²) in [5.41, 5.74) is 0. The second-order valence-electron chi connectivity index (χ2n) is 1.12. The molecule has 0 unspecified atom stereocenters. The van der Waals surface area contributed by atoms with Crippen molar-refractivity contribution in [3.05, 3.63) is 25.3 Å². The van der Waals surface area contributed by atoms with Crippen molar-refractivity contribution in [3.63, 3.8) is 0 Å². The van der Waals surface area contributed by atoms with Crippen LogP contribution in [0.25, 0.3) is 0 Å². The van der Waals surface area contributed by atoms with Crippen LogP contribution in [0.3, 0.4) is 0 Å². The molecule has 0 aromatic rings. The molecule has 0 rings (SSSR count). The maximum absolute atomic E-state index is 10.2.